The molecule has 2 aromatic heterocycles. The zero-order valence-corrected chi connectivity index (χ0v) is 15.7. The monoisotopic (exact) mass is 366 g/mol. The predicted octanol–water partition coefficient (Wildman–Crippen LogP) is 3.97. The maximum atomic E-state index is 6.50. The van der Waals surface area contributed by atoms with E-state index in [1.54, 1.807) is 11.9 Å². The molecule has 134 valence electrons. The van der Waals surface area contributed by atoms with E-state index in [0.29, 0.717) is 6.10 Å². The maximum absolute atomic E-state index is 6.50. The minimum Gasteiger partial charge on any atom is -0.490 e. The topological polar surface area (TPSA) is 41.1 Å². The molecule has 5 rings (SSSR count). The molecule has 1 saturated carbocycles. The van der Waals surface area contributed by atoms with Crippen molar-refractivity contribution in [1.82, 2.24) is 14.3 Å². The van der Waals surface area contributed by atoms with Crippen LogP contribution >= 0.6 is 0 Å². The molecule has 1 aliphatic carbocycles. The number of piperidine rings is 1. The average molecular weight is 367 g/mol. The number of aromatic nitrogens is 2. The van der Waals surface area contributed by atoms with Gasteiger partial charge in [-0.1, -0.05) is 0 Å². The molecule has 0 atom stereocenters. The lowest BCUT2D eigenvalue weighted by Crippen LogP contribution is -2.38. The van der Waals surface area contributed by atoms with Crippen LogP contribution in [0.2, 0.25) is 0 Å². The Kier molecular flexibility index (Phi) is 4.35. The summed E-state index contributed by atoms with van der Waals surface area (Å²) < 4.78 is 9.09. The lowest BCUT2D eigenvalue weighted by atomic mass is 10.0. The Morgan fingerprint density at radius 1 is 1.08 bits per heavy atom. The molecule has 0 unspecified atom stereocenters. The molecule has 2 fully saturated rings. The van der Waals surface area contributed by atoms with Crippen LogP contribution in [-0.4, -0.2) is 38.7 Å². The van der Waals surface area contributed by atoms with Crippen molar-refractivity contribution in [3.8, 4) is 16.9 Å². The predicted molar refractivity (Wildman–Crippen MR) is 109 cm³/mol. The Morgan fingerprint density at radius 2 is 1.96 bits per heavy atom. The Balaban J connectivity index is 1.37. The molecule has 3 heterocycles. The Hall–Kier alpha value is -1.98. The highest BCUT2D eigenvalue weighted by Crippen LogP contribution is 2.34. The fraction of sp³-hybridized carbons (Fsp3) is 0.381. The number of hydrogen-bond donors (Lipinski definition) is 1. The molecule has 1 aromatic carbocycles. The Bertz CT molecular complexity index is 883. The second-order valence-electron chi connectivity index (χ2n) is 7.29. The summed E-state index contributed by atoms with van der Waals surface area (Å²) in [6, 6.07) is 8.54. The van der Waals surface area contributed by atoms with Gasteiger partial charge in [-0.15, -0.1) is 4.31 Å². The summed E-state index contributed by atoms with van der Waals surface area (Å²) in [5, 5.41) is 3.23. The lowest BCUT2D eigenvalue weighted by molar-refractivity contribution is 0.140. The lowest BCUT2D eigenvalue weighted by Gasteiger charge is -2.27. The first-order valence-electron chi connectivity index (χ1n) is 9.48. The summed E-state index contributed by atoms with van der Waals surface area (Å²) in [6.45, 7) is 2.30. The molecular weight excluding hydrogens is 342 g/mol. The van der Waals surface area contributed by atoms with Gasteiger partial charge in [-0.3, -0.25) is 4.98 Å². The number of hydrogen-bond acceptors (Lipinski definition) is 3. The number of ether oxygens (including phenoxy) is 1. The van der Waals surface area contributed by atoms with Crippen molar-refractivity contribution in [2.24, 2.45) is 0 Å². The first kappa shape index (κ1) is 16.2. The SMILES string of the molecule is c1cc2cc(-c3cc[nH]c3)cc(OC3CCN([SH+]C4CC4)CC3)c2cn1. The number of nitrogens with one attached hydrogen (secondary N) is 1. The van der Waals surface area contributed by atoms with E-state index in [4.69, 9.17) is 4.74 Å². The summed E-state index contributed by atoms with van der Waals surface area (Å²) in [4.78, 5) is 7.46. The van der Waals surface area contributed by atoms with E-state index in [9.17, 15) is 0 Å². The number of fused-ring (bicyclic) bond motifs is 1. The molecule has 1 aliphatic heterocycles. The van der Waals surface area contributed by atoms with E-state index in [2.05, 4.69) is 38.5 Å². The fourth-order valence-electron chi connectivity index (χ4n) is 3.61. The van der Waals surface area contributed by atoms with Crippen molar-refractivity contribution in [3.05, 3.63) is 49.1 Å². The summed E-state index contributed by atoms with van der Waals surface area (Å²) in [6.07, 6.45) is 13.1. The van der Waals surface area contributed by atoms with Gasteiger partial charge in [0.2, 0.25) is 0 Å². The number of aromatic amines is 1. The van der Waals surface area contributed by atoms with Gasteiger partial charge < -0.3 is 9.72 Å². The van der Waals surface area contributed by atoms with Gasteiger partial charge >= 0.3 is 0 Å². The number of H-pyrrole nitrogens is 1. The number of rotatable bonds is 5. The molecule has 26 heavy (non-hydrogen) atoms. The van der Waals surface area contributed by atoms with Crippen molar-refractivity contribution in [2.45, 2.75) is 37.0 Å². The van der Waals surface area contributed by atoms with Crippen molar-refractivity contribution >= 4 is 22.7 Å². The molecule has 3 aromatic rings. The van der Waals surface area contributed by atoms with Crippen LogP contribution in [0.3, 0.4) is 0 Å². The maximum Gasteiger partial charge on any atom is 0.135 e. The molecule has 1 N–H and O–H groups in total. The molecule has 0 spiro atoms. The van der Waals surface area contributed by atoms with E-state index < -0.39 is 0 Å². The van der Waals surface area contributed by atoms with Crippen LogP contribution in [0.4, 0.5) is 0 Å². The van der Waals surface area contributed by atoms with Gasteiger partial charge in [0.15, 0.2) is 0 Å². The summed E-state index contributed by atoms with van der Waals surface area (Å²) in [5.74, 6) is 0.963. The van der Waals surface area contributed by atoms with Gasteiger partial charge in [-0.25, -0.2) is 0 Å². The van der Waals surface area contributed by atoms with Crippen molar-refractivity contribution in [2.75, 3.05) is 13.1 Å². The highest BCUT2D eigenvalue weighted by atomic mass is 32.2. The molecule has 2 aliphatic rings. The third kappa shape index (κ3) is 3.46. The van der Waals surface area contributed by atoms with Crippen molar-refractivity contribution in [3.63, 3.8) is 0 Å². The van der Waals surface area contributed by atoms with E-state index in [-0.39, 0.29) is 0 Å². The van der Waals surface area contributed by atoms with E-state index in [0.717, 1.165) is 42.3 Å². The van der Waals surface area contributed by atoms with Gasteiger partial charge in [0.05, 0.1) is 11.9 Å². The summed E-state index contributed by atoms with van der Waals surface area (Å²) in [7, 11) is 0. The minimum absolute atomic E-state index is 0.297. The zero-order chi connectivity index (χ0) is 17.3. The van der Waals surface area contributed by atoms with Gasteiger partial charge in [0.25, 0.3) is 0 Å². The second-order valence-corrected chi connectivity index (χ2v) is 8.82. The highest BCUT2D eigenvalue weighted by molar-refractivity contribution is 7.77. The number of benzene rings is 1. The fourth-order valence-corrected chi connectivity index (χ4v) is 4.91. The standard InChI is InChI=1S/C21H23N3OS/c1-2-19(1)26-24-9-5-18(6-10-24)25-21-12-17(16-4-8-22-13-16)11-15-3-7-23-14-20(15)21/h3-4,7-8,11-14,18-19,22H,1-2,5-6,9-10H2/p+1. The van der Waals surface area contributed by atoms with Crippen molar-refractivity contribution < 1.29 is 4.74 Å². The second kappa shape index (κ2) is 6.97. The highest BCUT2D eigenvalue weighted by Gasteiger charge is 2.35. The number of nitrogens with zero attached hydrogens (tertiary/aromatic N) is 2. The van der Waals surface area contributed by atoms with Crippen LogP contribution in [0.5, 0.6) is 5.75 Å². The Labute approximate surface area is 158 Å². The molecule has 0 radical (unpaired) electrons. The summed E-state index contributed by atoms with van der Waals surface area (Å²) in [5.41, 5.74) is 2.37. The minimum atomic E-state index is 0.297. The quantitative estimate of drug-likeness (QED) is 0.549. The van der Waals surface area contributed by atoms with Crippen LogP contribution in [-0.2, 0) is 11.9 Å². The van der Waals surface area contributed by atoms with E-state index >= 15 is 0 Å². The third-order valence-electron chi connectivity index (χ3n) is 5.23. The van der Waals surface area contributed by atoms with Crippen LogP contribution in [0, 0.1) is 0 Å². The smallest absolute Gasteiger partial charge is 0.135 e. The third-order valence-corrected chi connectivity index (χ3v) is 6.80. The van der Waals surface area contributed by atoms with Crippen LogP contribution in [0.15, 0.2) is 49.1 Å². The largest absolute Gasteiger partial charge is 0.490 e. The van der Waals surface area contributed by atoms with E-state index in [1.165, 1.54) is 29.4 Å². The van der Waals surface area contributed by atoms with Gasteiger partial charge in [-0.2, -0.15) is 0 Å². The van der Waals surface area contributed by atoms with Crippen LogP contribution in [0.1, 0.15) is 25.7 Å². The number of thiol groups is 1. The first-order chi connectivity index (χ1) is 12.8. The molecule has 5 heteroatoms. The molecule has 4 nitrogen and oxygen atoms in total. The van der Waals surface area contributed by atoms with E-state index in [1.807, 2.05) is 24.8 Å². The number of pyridine rings is 1. The Morgan fingerprint density at radius 3 is 2.73 bits per heavy atom. The first-order valence-corrected chi connectivity index (χ1v) is 10.4. The van der Waals surface area contributed by atoms with Gasteiger partial charge in [-0.05, 0) is 40.8 Å². The van der Waals surface area contributed by atoms with Gasteiger partial charge in [0.1, 0.15) is 17.1 Å². The normalized spacial score (nSPS) is 19.1. The zero-order valence-electron chi connectivity index (χ0n) is 14.8. The van der Waals surface area contributed by atoms with Crippen molar-refractivity contribution in [1.29, 1.82) is 0 Å². The molecule has 1 saturated heterocycles. The average Bonchev–Trinajstić information content (AvgIpc) is 3.31. The van der Waals surface area contributed by atoms with Gasteiger partial charge in [0, 0.05) is 68.9 Å². The van der Waals surface area contributed by atoms with Crippen LogP contribution < -0.4 is 4.74 Å². The van der Waals surface area contributed by atoms with Crippen LogP contribution in [0.25, 0.3) is 21.9 Å². The molecule has 0 bridgehead atoms. The molecular formula is C21H24N3OS+. The summed E-state index contributed by atoms with van der Waals surface area (Å²) >= 11 is 1.55. The molecule has 0 amide bonds.